The number of ether oxygens (including phenoxy) is 1. The second-order valence-electron chi connectivity index (χ2n) is 4.15. The molecule has 3 nitrogen and oxygen atoms in total. The highest BCUT2D eigenvalue weighted by molar-refractivity contribution is 5.85. The average molecular weight is 261 g/mol. The Morgan fingerprint density at radius 2 is 2.06 bits per heavy atom. The normalized spacial score (nSPS) is 20.0. The van der Waals surface area contributed by atoms with Crippen LogP contribution < -0.4 is 10.5 Å². The van der Waals surface area contributed by atoms with E-state index in [2.05, 4.69) is 4.90 Å². The average Bonchev–Trinajstić information content (AvgIpc) is 2.67. The van der Waals surface area contributed by atoms with Gasteiger partial charge in [-0.1, -0.05) is 0 Å². The third-order valence-corrected chi connectivity index (χ3v) is 2.80. The van der Waals surface area contributed by atoms with Crippen LogP contribution in [-0.4, -0.2) is 37.2 Å². The van der Waals surface area contributed by atoms with Crippen LogP contribution in [0.4, 0.5) is 4.39 Å². The zero-order chi connectivity index (χ0) is 11.4. The minimum Gasteiger partial charge on any atom is -0.492 e. The van der Waals surface area contributed by atoms with Crippen molar-refractivity contribution in [3.8, 4) is 5.75 Å². The predicted molar refractivity (Wildman–Crippen MR) is 68.2 cm³/mol. The van der Waals surface area contributed by atoms with Crippen molar-refractivity contribution in [1.82, 2.24) is 4.90 Å². The van der Waals surface area contributed by atoms with Crippen molar-refractivity contribution in [2.24, 2.45) is 5.73 Å². The molecule has 0 amide bonds. The Kier molecular flexibility index (Phi) is 5.68. The van der Waals surface area contributed by atoms with Crippen LogP contribution in [-0.2, 0) is 0 Å². The Bertz CT molecular complexity index is 334. The van der Waals surface area contributed by atoms with Gasteiger partial charge in [0.05, 0.1) is 0 Å². The molecule has 0 spiro atoms. The summed E-state index contributed by atoms with van der Waals surface area (Å²) >= 11 is 0. The summed E-state index contributed by atoms with van der Waals surface area (Å²) in [6.45, 7) is 3.50. The second kappa shape index (κ2) is 6.79. The molecule has 0 aliphatic carbocycles. The molecule has 17 heavy (non-hydrogen) atoms. The molecule has 1 aliphatic heterocycles. The molecule has 0 radical (unpaired) electrons. The topological polar surface area (TPSA) is 38.5 Å². The Hall–Kier alpha value is -0.840. The lowest BCUT2D eigenvalue weighted by molar-refractivity contribution is 0.236. The number of likely N-dealkylation sites (tertiary alicyclic amines) is 1. The van der Waals surface area contributed by atoms with Crippen LogP contribution in [0.25, 0.3) is 0 Å². The number of hydrogen-bond donors (Lipinski definition) is 1. The summed E-state index contributed by atoms with van der Waals surface area (Å²) in [6.07, 6.45) is 1.07. The molecule has 1 fully saturated rings. The highest BCUT2D eigenvalue weighted by atomic mass is 35.5. The quantitative estimate of drug-likeness (QED) is 0.895. The van der Waals surface area contributed by atoms with Gasteiger partial charge in [-0.3, -0.25) is 4.90 Å². The number of rotatable bonds is 4. The van der Waals surface area contributed by atoms with E-state index in [1.807, 2.05) is 0 Å². The van der Waals surface area contributed by atoms with Crippen LogP contribution in [0.3, 0.4) is 0 Å². The summed E-state index contributed by atoms with van der Waals surface area (Å²) in [6, 6.07) is 6.41. The van der Waals surface area contributed by atoms with Crippen molar-refractivity contribution in [3.63, 3.8) is 0 Å². The smallest absolute Gasteiger partial charge is 0.123 e. The van der Waals surface area contributed by atoms with Crippen LogP contribution >= 0.6 is 12.4 Å². The van der Waals surface area contributed by atoms with Gasteiger partial charge < -0.3 is 10.5 Å². The van der Waals surface area contributed by atoms with Gasteiger partial charge in [0.2, 0.25) is 0 Å². The minimum absolute atomic E-state index is 0. The number of halogens is 2. The molecular formula is C12H18ClFN2O. The van der Waals surface area contributed by atoms with E-state index in [-0.39, 0.29) is 18.2 Å². The Balaban J connectivity index is 0.00000144. The molecule has 1 heterocycles. The zero-order valence-electron chi connectivity index (χ0n) is 9.64. The third kappa shape index (κ3) is 4.50. The zero-order valence-corrected chi connectivity index (χ0v) is 10.5. The molecular weight excluding hydrogens is 243 g/mol. The van der Waals surface area contributed by atoms with Crippen LogP contribution in [0, 0.1) is 5.82 Å². The lowest BCUT2D eigenvalue weighted by Crippen LogP contribution is -2.29. The maximum Gasteiger partial charge on any atom is 0.123 e. The van der Waals surface area contributed by atoms with E-state index in [0.717, 1.165) is 26.1 Å². The molecule has 1 atom stereocenters. The van der Waals surface area contributed by atoms with Crippen LogP contribution in [0.1, 0.15) is 6.42 Å². The molecule has 2 rings (SSSR count). The van der Waals surface area contributed by atoms with Gasteiger partial charge in [-0.15, -0.1) is 12.4 Å². The van der Waals surface area contributed by atoms with Crippen molar-refractivity contribution in [1.29, 1.82) is 0 Å². The fraction of sp³-hybridized carbons (Fsp3) is 0.500. The second-order valence-corrected chi connectivity index (χ2v) is 4.15. The Morgan fingerprint density at radius 3 is 2.65 bits per heavy atom. The lowest BCUT2D eigenvalue weighted by Gasteiger charge is -2.15. The number of nitrogens with two attached hydrogens (primary N) is 1. The molecule has 2 N–H and O–H groups in total. The van der Waals surface area contributed by atoms with E-state index in [4.69, 9.17) is 10.5 Å². The van der Waals surface area contributed by atoms with E-state index in [9.17, 15) is 4.39 Å². The molecule has 5 heteroatoms. The monoisotopic (exact) mass is 260 g/mol. The lowest BCUT2D eigenvalue weighted by atomic mass is 10.3. The summed E-state index contributed by atoms with van der Waals surface area (Å²) in [5, 5.41) is 0. The van der Waals surface area contributed by atoms with Gasteiger partial charge in [-0.05, 0) is 37.2 Å². The van der Waals surface area contributed by atoms with Crippen LogP contribution in [0.15, 0.2) is 24.3 Å². The first-order valence-electron chi connectivity index (χ1n) is 5.60. The van der Waals surface area contributed by atoms with Gasteiger partial charge in [0.15, 0.2) is 0 Å². The van der Waals surface area contributed by atoms with Crippen molar-refractivity contribution >= 4 is 12.4 Å². The number of hydrogen-bond acceptors (Lipinski definition) is 3. The van der Waals surface area contributed by atoms with E-state index in [0.29, 0.717) is 18.4 Å². The minimum atomic E-state index is -0.238. The standard InChI is InChI=1S/C12H17FN2O.ClH/c13-10-1-3-12(4-2-10)16-8-7-15-6-5-11(14)9-15;/h1-4,11H,5-9,14H2;1H/t11-;/m0./s1. The maximum atomic E-state index is 12.6. The van der Waals surface area contributed by atoms with Crippen LogP contribution in [0.2, 0.25) is 0 Å². The first kappa shape index (κ1) is 14.2. The molecule has 0 bridgehead atoms. The molecule has 0 aromatic heterocycles. The van der Waals surface area contributed by atoms with E-state index >= 15 is 0 Å². The van der Waals surface area contributed by atoms with E-state index < -0.39 is 0 Å². The molecule has 1 saturated heterocycles. The van der Waals surface area contributed by atoms with Gasteiger partial charge in [-0.2, -0.15) is 0 Å². The molecule has 96 valence electrons. The molecule has 0 unspecified atom stereocenters. The molecule has 1 aromatic rings. The molecule has 1 aliphatic rings. The summed E-state index contributed by atoms with van der Waals surface area (Å²) in [5.74, 6) is 0.475. The fourth-order valence-electron chi connectivity index (χ4n) is 1.89. The van der Waals surface area contributed by atoms with Gasteiger partial charge >= 0.3 is 0 Å². The Labute approximate surface area is 107 Å². The summed E-state index contributed by atoms with van der Waals surface area (Å²) < 4.78 is 18.1. The highest BCUT2D eigenvalue weighted by Crippen LogP contribution is 2.11. The van der Waals surface area contributed by atoms with Crippen LogP contribution in [0.5, 0.6) is 5.75 Å². The predicted octanol–water partition coefficient (Wildman–Crippen LogP) is 1.66. The van der Waals surface area contributed by atoms with Gasteiger partial charge in [0, 0.05) is 19.1 Å². The number of benzene rings is 1. The van der Waals surface area contributed by atoms with Crippen molar-refractivity contribution in [2.45, 2.75) is 12.5 Å². The maximum absolute atomic E-state index is 12.6. The number of nitrogens with zero attached hydrogens (tertiary/aromatic N) is 1. The molecule has 1 aromatic carbocycles. The first-order chi connectivity index (χ1) is 7.74. The summed E-state index contributed by atoms with van der Waals surface area (Å²) in [5.41, 5.74) is 5.80. The largest absolute Gasteiger partial charge is 0.492 e. The highest BCUT2D eigenvalue weighted by Gasteiger charge is 2.18. The summed E-state index contributed by atoms with van der Waals surface area (Å²) in [4.78, 5) is 2.29. The Morgan fingerprint density at radius 1 is 1.35 bits per heavy atom. The van der Waals surface area contributed by atoms with Gasteiger partial charge in [-0.25, -0.2) is 4.39 Å². The van der Waals surface area contributed by atoms with Crippen molar-refractivity contribution in [3.05, 3.63) is 30.1 Å². The van der Waals surface area contributed by atoms with Gasteiger partial charge in [0.1, 0.15) is 18.2 Å². The molecule has 0 saturated carbocycles. The summed E-state index contributed by atoms with van der Waals surface area (Å²) in [7, 11) is 0. The fourth-order valence-corrected chi connectivity index (χ4v) is 1.89. The first-order valence-corrected chi connectivity index (χ1v) is 5.60. The van der Waals surface area contributed by atoms with E-state index in [1.165, 1.54) is 12.1 Å². The van der Waals surface area contributed by atoms with E-state index in [1.54, 1.807) is 12.1 Å². The van der Waals surface area contributed by atoms with Crippen molar-refractivity contribution < 1.29 is 9.13 Å². The third-order valence-electron chi connectivity index (χ3n) is 2.80. The van der Waals surface area contributed by atoms with Crippen molar-refractivity contribution in [2.75, 3.05) is 26.2 Å². The SMILES string of the molecule is Cl.N[C@H]1CCN(CCOc2ccc(F)cc2)C1. The van der Waals surface area contributed by atoms with Gasteiger partial charge in [0.25, 0.3) is 0 Å².